The molecular formula is C15H29NO3. The molecule has 4 heteroatoms. The van der Waals surface area contributed by atoms with E-state index in [4.69, 9.17) is 5.11 Å². The zero-order valence-electron chi connectivity index (χ0n) is 13.3. The molecule has 19 heavy (non-hydrogen) atoms. The predicted molar refractivity (Wildman–Crippen MR) is 76.9 cm³/mol. The SMILES string of the molecule is CC(CC(=O)N[C@H](C(=O)O)C(C)(C)C)CC(C)(C)C. The maximum atomic E-state index is 11.9. The van der Waals surface area contributed by atoms with Gasteiger partial charge in [-0.25, -0.2) is 4.79 Å². The van der Waals surface area contributed by atoms with E-state index in [0.29, 0.717) is 6.42 Å². The number of hydrogen-bond donors (Lipinski definition) is 2. The molecule has 0 heterocycles. The van der Waals surface area contributed by atoms with Gasteiger partial charge >= 0.3 is 5.97 Å². The first-order valence-corrected chi connectivity index (χ1v) is 6.85. The van der Waals surface area contributed by atoms with E-state index in [1.54, 1.807) is 0 Å². The Morgan fingerprint density at radius 2 is 1.58 bits per heavy atom. The van der Waals surface area contributed by atoms with Crippen LogP contribution in [0.4, 0.5) is 0 Å². The van der Waals surface area contributed by atoms with Gasteiger partial charge in [-0.1, -0.05) is 48.5 Å². The number of carboxylic acids is 1. The first-order chi connectivity index (χ1) is 8.33. The van der Waals surface area contributed by atoms with Crippen molar-refractivity contribution < 1.29 is 14.7 Å². The van der Waals surface area contributed by atoms with E-state index in [0.717, 1.165) is 6.42 Å². The van der Waals surface area contributed by atoms with Crippen LogP contribution in [-0.4, -0.2) is 23.0 Å². The average molecular weight is 271 g/mol. The lowest BCUT2D eigenvalue weighted by atomic mass is 9.83. The Labute approximate surface area is 117 Å². The molecule has 0 rings (SSSR count). The minimum Gasteiger partial charge on any atom is -0.480 e. The Balaban J connectivity index is 4.48. The highest BCUT2D eigenvalue weighted by molar-refractivity contribution is 5.84. The summed E-state index contributed by atoms with van der Waals surface area (Å²) < 4.78 is 0. The number of nitrogens with one attached hydrogen (secondary N) is 1. The monoisotopic (exact) mass is 271 g/mol. The summed E-state index contributed by atoms with van der Waals surface area (Å²) in [6, 6.07) is -0.846. The molecule has 0 fully saturated rings. The van der Waals surface area contributed by atoms with Gasteiger partial charge in [0.25, 0.3) is 0 Å². The molecule has 2 N–H and O–H groups in total. The van der Waals surface area contributed by atoms with Crippen LogP contribution in [0.3, 0.4) is 0 Å². The molecule has 4 nitrogen and oxygen atoms in total. The maximum absolute atomic E-state index is 11.9. The van der Waals surface area contributed by atoms with E-state index in [2.05, 4.69) is 26.1 Å². The van der Waals surface area contributed by atoms with Gasteiger partial charge in [0.05, 0.1) is 0 Å². The van der Waals surface area contributed by atoms with Gasteiger partial charge in [0.15, 0.2) is 0 Å². The summed E-state index contributed by atoms with van der Waals surface area (Å²) in [7, 11) is 0. The van der Waals surface area contributed by atoms with Crippen molar-refractivity contribution >= 4 is 11.9 Å². The highest BCUT2D eigenvalue weighted by Gasteiger charge is 2.32. The lowest BCUT2D eigenvalue weighted by Gasteiger charge is -2.29. The van der Waals surface area contributed by atoms with Gasteiger partial charge in [-0.15, -0.1) is 0 Å². The van der Waals surface area contributed by atoms with Gasteiger partial charge in [0.1, 0.15) is 6.04 Å². The van der Waals surface area contributed by atoms with Crippen molar-refractivity contribution in [1.29, 1.82) is 0 Å². The molecule has 0 saturated heterocycles. The van der Waals surface area contributed by atoms with Crippen LogP contribution in [0.5, 0.6) is 0 Å². The smallest absolute Gasteiger partial charge is 0.326 e. The first-order valence-electron chi connectivity index (χ1n) is 6.85. The summed E-state index contributed by atoms with van der Waals surface area (Å²) in [5.74, 6) is -0.919. The largest absolute Gasteiger partial charge is 0.480 e. The molecular weight excluding hydrogens is 242 g/mol. The summed E-state index contributed by atoms with van der Waals surface area (Å²) >= 11 is 0. The fourth-order valence-electron chi connectivity index (χ4n) is 2.30. The number of carboxylic acid groups (broad SMARTS) is 1. The minimum atomic E-state index is -0.982. The summed E-state index contributed by atoms with van der Waals surface area (Å²) in [5, 5.41) is 11.8. The lowest BCUT2D eigenvalue weighted by Crippen LogP contribution is -2.49. The summed E-state index contributed by atoms with van der Waals surface area (Å²) in [4.78, 5) is 23.1. The highest BCUT2D eigenvalue weighted by atomic mass is 16.4. The highest BCUT2D eigenvalue weighted by Crippen LogP contribution is 2.26. The molecule has 0 aliphatic rings. The molecule has 0 aliphatic carbocycles. The summed E-state index contributed by atoms with van der Waals surface area (Å²) in [5.41, 5.74) is -0.315. The third-order valence-corrected chi connectivity index (χ3v) is 2.91. The molecule has 0 saturated carbocycles. The third-order valence-electron chi connectivity index (χ3n) is 2.91. The Bertz CT molecular complexity index is 323. The van der Waals surface area contributed by atoms with Crippen LogP contribution in [-0.2, 0) is 9.59 Å². The van der Waals surface area contributed by atoms with Gasteiger partial charge in [-0.3, -0.25) is 4.79 Å². The molecule has 2 atom stereocenters. The lowest BCUT2D eigenvalue weighted by molar-refractivity contribution is -0.145. The predicted octanol–water partition coefficient (Wildman–Crippen LogP) is 3.06. The van der Waals surface area contributed by atoms with Crippen molar-refractivity contribution in [3.63, 3.8) is 0 Å². The Morgan fingerprint density at radius 3 is 1.89 bits per heavy atom. The van der Waals surface area contributed by atoms with Crippen molar-refractivity contribution in [3.05, 3.63) is 0 Å². The third kappa shape index (κ3) is 7.85. The zero-order valence-corrected chi connectivity index (χ0v) is 13.3. The van der Waals surface area contributed by atoms with Gasteiger partial charge < -0.3 is 10.4 Å². The summed E-state index contributed by atoms with van der Waals surface area (Å²) in [6.45, 7) is 13.9. The molecule has 1 unspecified atom stereocenters. The van der Waals surface area contributed by atoms with E-state index in [1.165, 1.54) is 0 Å². The quantitative estimate of drug-likeness (QED) is 0.807. The Hall–Kier alpha value is -1.06. The molecule has 0 bridgehead atoms. The second kappa shape index (κ2) is 6.40. The molecule has 0 aromatic rings. The van der Waals surface area contributed by atoms with Gasteiger partial charge in [0, 0.05) is 6.42 Å². The molecule has 0 aromatic carbocycles. The number of rotatable bonds is 5. The van der Waals surface area contributed by atoms with Crippen molar-refractivity contribution in [1.82, 2.24) is 5.32 Å². The van der Waals surface area contributed by atoms with Gasteiger partial charge in [-0.2, -0.15) is 0 Å². The van der Waals surface area contributed by atoms with E-state index in [9.17, 15) is 9.59 Å². The molecule has 0 aliphatic heterocycles. The number of aliphatic carboxylic acids is 1. The Morgan fingerprint density at radius 1 is 1.11 bits per heavy atom. The topological polar surface area (TPSA) is 66.4 Å². The van der Waals surface area contributed by atoms with E-state index < -0.39 is 17.4 Å². The normalized spacial score (nSPS) is 15.7. The van der Waals surface area contributed by atoms with Crippen LogP contribution in [0.25, 0.3) is 0 Å². The van der Waals surface area contributed by atoms with Crippen molar-refractivity contribution in [3.8, 4) is 0 Å². The van der Waals surface area contributed by atoms with Gasteiger partial charge in [-0.05, 0) is 23.2 Å². The fourth-order valence-corrected chi connectivity index (χ4v) is 2.30. The van der Waals surface area contributed by atoms with E-state index in [-0.39, 0.29) is 17.2 Å². The number of carbonyl (C=O) groups excluding carboxylic acids is 1. The van der Waals surface area contributed by atoms with Crippen LogP contribution in [0.15, 0.2) is 0 Å². The summed E-state index contributed by atoms with van der Waals surface area (Å²) in [6.07, 6.45) is 1.31. The van der Waals surface area contributed by atoms with Crippen molar-refractivity contribution in [2.75, 3.05) is 0 Å². The van der Waals surface area contributed by atoms with E-state index >= 15 is 0 Å². The standard InChI is InChI=1S/C15H29NO3/c1-10(9-14(2,3)4)8-11(17)16-12(13(18)19)15(5,6)7/h10,12H,8-9H2,1-7H3,(H,16,17)(H,18,19)/t10?,12-/m1/s1. The average Bonchev–Trinajstić information content (AvgIpc) is 2.07. The van der Waals surface area contributed by atoms with Crippen molar-refractivity contribution in [2.45, 2.75) is 67.3 Å². The maximum Gasteiger partial charge on any atom is 0.326 e. The molecule has 0 aromatic heterocycles. The molecule has 112 valence electrons. The fraction of sp³-hybridized carbons (Fsp3) is 0.867. The number of amides is 1. The Kier molecular flexibility index (Phi) is 6.04. The van der Waals surface area contributed by atoms with E-state index in [1.807, 2.05) is 27.7 Å². The van der Waals surface area contributed by atoms with Crippen LogP contribution in [0.2, 0.25) is 0 Å². The van der Waals surface area contributed by atoms with Crippen molar-refractivity contribution in [2.24, 2.45) is 16.7 Å². The second-order valence-corrected chi connectivity index (χ2v) is 7.78. The second-order valence-electron chi connectivity index (χ2n) is 7.78. The van der Waals surface area contributed by atoms with Crippen LogP contribution in [0.1, 0.15) is 61.3 Å². The molecule has 0 spiro atoms. The minimum absolute atomic E-state index is 0.177. The number of carbonyl (C=O) groups is 2. The zero-order chi connectivity index (χ0) is 15.4. The first kappa shape index (κ1) is 17.9. The molecule has 0 radical (unpaired) electrons. The van der Waals surface area contributed by atoms with Crippen LogP contribution < -0.4 is 5.32 Å². The van der Waals surface area contributed by atoms with Crippen LogP contribution in [0, 0.1) is 16.7 Å². The number of hydrogen-bond acceptors (Lipinski definition) is 2. The van der Waals surface area contributed by atoms with Crippen LogP contribution >= 0.6 is 0 Å². The molecule has 1 amide bonds. The van der Waals surface area contributed by atoms with Gasteiger partial charge in [0.2, 0.25) is 5.91 Å².